The highest BCUT2D eigenvalue weighted by molar-refractivity contribution is 5.66. The molecule has 0 unspecified atom stereocenters. The van der Waals surface area contributed by atoms with Crippen LogP contribution in [0.3, 0.4) is 0 Å². The van der Waals surface area contributed by atoms with Gasteiger partial charge in [-0.05, 0) is 31.9 Å². The molecule has 1 aliphatic heterocycles. The van der Waals surface area contributed by atoms with Gasteiger partial charge in [0.1, 0.15) is 5.69 Å². The maximum atomic E-state index is 8.08. The van der Waals surface area contributed by atoms with Gasteiger partial charge >= 0.3 is 0 Å². The smallest absolute Gasteiger partial charge is 0.259 e. The summed E-state index contributed by atoms with van der Waals surface area (Å²) in [5.41, 5.74) is 2.28. The Morgan fingerprint density at radius 1 is 1.31 bits per heavy atom. The van der Waals surface area contributed by atoms with E-state index in [4.69, 9.17) is 16.4 Å². The molecule has 5 rings (SSSR count). The van der Waals surface area contributed by atoms with Crippen LogP contribution in [-0.4, -0.2) is 50.6 Å². The molecule has 3 aromatic heterocycles. The van der Waals surface area contributed by atoms with Crippen LogP contribution in [0.4, 0.5) is 5.82 Å². The van der Waals surface area contributed by atoms with Crippen LogP contribution in [0.2, 0.25) is 0 Å². The molecule has 1 saturated carbocycles. The molecule has 1 saturated heterocycles. The van der Waals surface area contributed by atoms with Gasteiger partial charge in [-0.3, -0.25) is 5.10 Å². The first kappa shape index (κ1) is 18.1. The second kappa shape index (κ2) is 7.16. The van der Waals surface area contributed by atoms with E-state index in [-0.39, 0.29) is 6.04 Å². The summed E-state index contributed by atoms with van der Waals surface area (Å²) in [7, 11) is 0. The molecule has 4 heterocycles. The normalized spacial score (nSPS) is 21.9. The maximum Gasteiger partial charge on any atom is 0.259 e. The van der Waals surface area contributed by atoms with Crippen LogP contribution >= 0.6 is 0 Å². The summed E-state index contributed by atoms with van der Waals surface area (Å²) in [4.78, 5) is 11.1. The molecule has 0 radical (unpaired) electrons. The van der Waals surface area contributed by atoms with E-state index in [1.54, 1.807) is 6.20 Å². The predicted octanol–water partition coefficient (Wildman–Crippen LogP) is 3.42. The SMILES string of the molecule is [C-]#[N+]C1(c2cc(N3CCOC[C@H]3C)nn3c(-c4ccn[nH]4)ncc23)CCCCC1. The van der Waals surface area contributed by atoms with Crippen LogP contribution in [0.15, 0.2) is 24.5 Å². The summed E-state index contributed by atoms with van der Waals surface area (Å²) in [6.45, 7) is 12.4. The Hall–Kier alpha value is -2.92. The number of hydrogen-bond donors (Lipinski definition) is 1. The van der Waals surface area contributed by atoms with E-state index >= 15 is 0 Å². The van der Waals surface area contributed by atoms with Crippen molar-refractivity contribution in [2.24, 2.45) is 0 Å². The molecule has 2 aliphatic rings. The topological polar surface area (TPSA) is 75.7 Å². The number of fused-ring (bicyclic) bond motifs is 1. The van der Waals surface area contributed by atoms with Gasteiger partial charge in [0.15, 0.2) is 11.6 Å². The zero-order valence-electron chi connectivity index (χ0n) is 16.6. The Labute approximate surface area is 169 Å². The van der Waals surface area contributed by atoms with Crippen molar-refractivity contribution in [3.8, 4) is 11.5 Å². The van der Waals surface area contributed by atoms with Gasteiger partial charge in [0, 0.05) is 25.6 Å². The molecule has 8 nitrogen and oxygen atoms in total. The van der Waals surface area contributed by atoms with Crippen LogP contribution in [0.1, 0.15) is 44.6 Å². The number of aromatic nitrogens is 5. The summed E-state index contributed by atoms with van der Waals surface area (Å²) in [6.07, 6.45) is 8.71. The Balaban J connectivity index is 1.74. The summed E-state index contributed by atoms with van der Waals surface area (Å²) < 4.78 is 7.52. The molecule has 1 aliphatic carbocycles. The van der Waals surface area contributed by atoms with Crippen molar-refractivity contribution in [2.45, 2.75) is 50.6 Å². The summed E-state index contributed by atoms with van der Waals surface area (Å²) >= 11 is 0. The van der Waals surface area contributed by atoms with Crippen molar-refractivity contribution >= 4 is 11.3 Å². The molecule has 1 atom stereocenters. The fourth-order valence-electron chi connectivity index (χ4n) is 4.69. The highest BCUT2D eigenvalue weighted by Crippen LogP contribution is 2.44. The van der Waals surface area contributed by atoms with E-state index in [1.165, 1.54) is 6.42 Å². The number of rotatable bonds is 3. The van der Waals surface area contributed by atoms with Gasteiger partial charge in [0.2, 0.25) is 0 Å². The van der Waals surface area contributed by atoms with Crippen LogP contribution in [0.25, 0.3) is 21.9 Å². The minimum absolute atomic E-state index is 0.232. The second-order valence-corrected chi connectivity index (χ2v) is 8.09. The molecule has 0 aromatic carbocycles. The van der Waals surface area contributed by atoms with E-state index in [9.17, 15) is 0 Å². The van der Waals surface area contributed by atoms with E-state index in [2.05, 4.69) is 37.9 Å². The van der Waals surface area contributed by atoms with E-state index in [1.807, 2.05) is 16.8 Å². The number of imidazole rings is 1. The average molecular weight is 391 g/mol. The quantitative estimate of drug-likeness (QED) is 0.693. The number of hydrogen-bond acceptors (Lipinski definition) is 5. The zero-order chi connectivity index (χ0) is 19.8. The van der Waals surface area contributed by atoms with Gasteiger partial charge < -0.3 is 14.5 Å². The van der Waals surface area contributed by atoms with E-state index < -0.39 is 5.54 Å². The lowest BCUT2D eigenvalue weighted by Crippen LogP contribution is -2.44. The van der Waals surface area contributed by atoms with Gasteiger partial charge in [0.25, 0.3) is 5.54 Å². The first-order valence-electron chi connectivity index (χ1n) is 10.3. The lowest BCUT2D eigenvalue weighted by Gasteiger charge is -2.35. The number of aromatic amines is 1. The van der Waals surface area contributed by atoms with Crippen molar-refractivity contribution in [1.82, 2.24) is 24.8 Å². The van der Waals surface area contributed by atoms with Crippen LogP contribution < -0.4 is 4.90 Å². The first-order valence-corrected chi connectivity index (χ1v) is 10.3. The van der Waals surface area contributed by atoms with Crippen molar-refractivity contribution < 1.29 is 4.74 Å². The van der Waals surface area contributed by atoms with Gasteiger partial charge in [-0.2, -0.15) is 5.10 Å². The first-order chi connectivity index (χ1) is 14.2. The fraction of sp³-hybridized carbons (Fsp3) is 0.524. The van der Waals surface area contributed by atoms with E-state index in [0.717, 1.165) is 60.6 Å². The number of nitrogens with zero attached hydrogens (tertiary/aromatic N) is 6. The molecule has 150 valence electrons. The molecule has 0 bridgehead atoms. The van der Waals surface area contributed by atoms with Crippen molar-refractivity contribution in [2.75, 3.05) is 24.7 Å². The molecule has 0 spiro atoms. The Morgan fingerprint density at radius 3 is 2.90 bits per heavy atom. The molecular weight excluding hydrogens is 366 g/mol. The molecule has 2 fully saturated rings. The third kappa shape index (κ3) is 2.97. The minimum Gasteiger partial charge on any atom is -0.377 e. The fourth-order valence-corrected chi connectivity index (χ4v) is 4.69. The second-order valence-electron chi connectivity index (χ2n) is 8.09. The Kier molecular flexibility index (Phi) is 4.47. The third-order valence-electron chi connectivity index (χ3n) is 6.29. The van der Waals surface area contributed by atoms with Crippen molar-refractivity contribution in [1.29, 1.82) is 0 Å². The Bertz CT molecular complexity index is 1040. The number of morpholine rings is 1. The minimum atomic E-state index is -0.502. The molecule has 3 aromatic rings. The molecule has 1 N–H and O–H groups in total. The third-order valence-corrected chi connectivity index (χ3v) is 6.29. The number of anilines is 1. The number of nitrogens with one attached hydrogen (secondary N) is 1. The Morgan fingerprint density at radius 2 is 2.17 bits per heavy atom. The van der Waals surface area contributed by atoms with Crippen LogP contribution in [0, 0.1) is 6.57 Å². The van der Waals surface area contributed by atoms with Crippen molar-refractivity contribution in [3.05, 3.63) is 41.5 Å². The van der Waals surface area contributed by atoms with Gasteiger partial charge in [-0.1, -0.05) is 6.42 Å². The van der Waals surface area contributed by atoms with Crippen LogP contribution in [0.5, 0.6) is 0 Å². The number of ether oxygens (including phenoxy) is 1. The van der Waals surface area contributed by atoms with Gasteiger partial charge in [0.05, 0.1) is 36.5 Å². The average Bonchev–Trinajstić information content (AvgIpc) is 3.43. The molecular formula is C21H25N7O. The standard InChI is InChI=1S/C21H25N7O/c1-15-14-29-11-10-27(15)19-12-16(21(22-2)7-4-3-5-8-21)18-13-23-20(28(18)26-19)17-6-9-24-25-17/h6,9,12-13,15H,3-5,7-8,10-11,14H2,1H3,(H,24,25)/t15-/m1/s1. The van der Waals surface area contributed by atoms with Crippen molar-refractivity contribution in [3.63, 3.8) is 0 Å². The highest BCUT2D eigenvalue weighted by atomic mass is 16.5. The largest absolute Gasteiger partial charge is 0.377 e. The number of H-pyrrole nitrogens is 1. The summed E-state index contributed by atoms with van der Waals surface area (Å²) in [5, 5.41) is 12.0. The maximum absolute atomic E-state index is 8.08. The predicted molar refractivity (Wildman–Crippen MR) is 110 cm³/mol. The summed E-state index contributed by atoms with van der Waals surface area (Å²) in [6, 6.07) is 4.26. The van der Waals surface area contributed by atoms with Crippen LogP contribution in [-0.2, 0) is 10.3 Å². The highest BCUT2D eigenvalue weighted by Gasteiger charge is 2.43. The molecule has 0 amide bonds. The van der Waals surface area contributed by atoms with Gasteiger partial charge in [-0.25, -0.2) is 16.1 Å². The summed E-state index contributed by atoms with van der Waals surface area (Å²) in [5.74, 6) is 1.60. The monoisotopic (exact) mass is 391 g/mol. The lowest BCUT2D eigenvalue weighted by atomic mass is 9.77. The zero-order valence-corrected chi connectivity index (χ0v) is 16.6. The lowest BCUT2D eigenvalue weighted by molar-refractivity contribution is 0.0984. The van der Waals surface area contributed by atoms with E-state index in [0.29, 0.717) is 13.2 Å². The molecule has 8 heteroatoms. The molecule has 29 heavy (non-hydrogen) atoms. The van der Waals surface area contributed by atoms with Gasteiger partial charge in [-0.15, -0.1) is 5.10 Å².